The minimum atomic E-state index is 0.359. The Morgan fingerprint density at radius 3 is 2.55 bits per heavy atom. The summed E-state index contributed by atoms with van der Waals surface area (Å²) in [4.78, 5) is 11.7. The van der Waals surface area contributed by atoms with Crippen LogP contribution in [0.1, 0.15) is 63.4 Å². The molecule has 1 aliphatic rings. The molecule has 112 valence electrons. The van der Waals surface area contributed by atoms with Gasteiger partial charge in [-0.15, -0.1) is 11.6 Å². The van der Waals surface area contributed by atoms with Crippen LogP contribution in [0.3, 0.4) is 0 Å². The smallest absolute Gasteiger partial charge is 0.133 e. The molecule has 1 heterocycles. The lowest BCUT2D eigenvalue weighted by atomic mass is 9.94. The van der Waals surface area contributed by atoms with Gasteiger partial charge in [-0.05, 0) is 19.8 Å². The number of nitrogens with zero attached hydrogens (tertiary/aromatic N) is 3. The van der Waals surface area contributed by atoms with Gasteiger partial charge in [0.25, 0.3) is 0 Å². The molecule has 0 saturated heterocycles. The summed E-state index contributed by atoms with van der Waals surface area (Å²) in [6.07, 6.45) is 6.54. The monoisotopic (exact) mass is 295 g/mol. The van der Waals surface area contributed by atoms with Crippen LogP contribution in [0.25, 0.3) is 0 Å². The summed E-state index contributed by atoms with van der Waals surface area (Å²) < 4.78 is 0. The highest BCUT2D eigenvalue weighted by molar-refractivity contribution is 6.18. The first-order valence-corrected chi connectivity index (χ1v) is 8.33. The number of rotatable bonds is 5. The Hall–Kier alpha value is -0.830. The Labute approximate surface area is 127 Å². The van der Waals surface area contributed by atoms with E-state index in [2.05, 4.69) is 36.7 Å². The summed E-state index contributed by atoms with van der Waals surface area (Å²) in [6.45, 7) is 7.22. The summed E-state index contributed by atoms with van der Waals surface area (Å²) in [5.41, 5.74) is 1.05. The van der Waals surface area contributed by atoms with Crippen molar-refractivity contribution in [1.82, 2.24) is 9.97 Å². The van der Waals surface area contributed by atoms with Crippen molar-refractivity contribution in [1.29, 1.82) is 0 Å². The topological polar surface area (TPSA) is 29.0 Å². The molecule has 0 aromatic carbocycles. The molecule has 0 N–H and O–H groups in total. The molecule has 1 aromatic heterocycles. The SMILES string of the molecule is Cc1cc(N(CCCl)C2CCCCC2)nc(C(C)C)n1. The minimum absolute atomic E-state index is 0.359. The first kappa shape index (κ1) is 15.6. The molecular weight excluding hydrogens is 270 g/mol. The summed E-state index contributed by atoms with van der Waals surface area (Å²) >= 11 is 6.02. The third-order valence-corrected chi connectivity index (χ3v) is 4.18. The molecule has 4 heteroatoms. The molecule has 1 aliphatic carbocycles. The molecule has 0 atom stereocenters. The lowest BCUT2D eigenvalue weighted by molar-refractivity contribution is 0.416. The van der Waals surface area contributed by atoms with Gasteiger partial charge in [0.2, 0.25) is 0 Å². The zero-order chi connectivity index (χ0) is 14.5. The van der Waals surface area contributed by atoms with E-state index < -0.39 is 0 Å². The van der Waals surface area contributed by atoms with Gasteiger partial charge in [-0.25, -0.2) is 9.97 Å². The Morgan fingerprint density at radius 2 is 1.95 bits per heavy atom. The molecule has 0 amide bonds. The molecule has 0 spiro atoms. The fourth-order valence-corrected chi connectivity index (χ4v) is 3.13. The van der Waals surface area contributed by atoms with Crippen LogP contribution < -0.4 is 4.90 Å². The van der Waals surface area contributed by atoms with Crippen LogP contribution in [0, 0.1) is 6.92 Å². The van der Waals surface area contributed by atoms with Crippen LogP contribution >= 0.6 is 11.6 Å². The van der Waals surface area contributed by atoms with Gasteiger partial charge in [-0.3, -0.25) is 0 Å². The molecule has 0 bridgehead atoms. The van der Waals surface area contributed by atoms with E-state index in [9.17, 15) is 0 Å². The van der Waals surface area contributed by atoms with Crippen LogP contribution in [0.2, 0.25) is 0 Å². The van der Waals surface area contributed by atoms with Crippen molar-refractivity contribution in [3.63, 3.8) is 0 Å². The molecule has 1 aromatic rings. The van der Waals surface area contributed by atoms with Crippen molar-refractivity contribution in [2.75, 3.05) is 17.3 Å². The van der Waals surface area contributed by atoms with Gasteiger partial charge in [0.05, 0.1) is 0 Å². The largest absolute Gasteiger partial charge is 0.352 e. The number of halogens is 1. The second kappa shape index (κ2) is 7.26. The van der Waals surface area contributed by atoms with Crippen LogP contribution in [0.15, 0.2) is 6.07 Å². The van der Waals surface area contributed by atoms with Crippen molar-refractivity contribution in [3.05, 3.63) is 17.6 Å². The Morgan fingerprint density at radius 1 is 1.25 bits per heavy atom. The number of anilines is 1. The molecule has 1 saturated carbocycles. The van der Waals surface area contributed by atoms with Gasteiger partial charge in [-0.1, -0.05) is 33.1 Å². The van der Waals surface area contributed by atoms with Crippen LogP contribution in [-0.4, -0.2) is 28.4 Å². The van der Waals surface area contributed by atoms with Crippen molar-refractivity contribution in [3.8, 4) is 0 Å². The number of alkyl halides is 1. The highest BCUT2D eigenvalue weighted by Gasteiger charge is 2.23. The second-order valence-electron chi connectivity index (χ2n) is 6.05. The maximum absolute atomic E-state index is 6.02. The normalized spacial score (nSPS) is 16.6. The number of hydrogen-bond acceptors (Lipinski definition) is 3. The van der Waals surface area contributed by atoms with Crippen molar-refractivity contribution < 1.29 is 0 Å². The molecule has 3 nitrogen and oxygen atoms in total. The molecule has 2 rings (SSSR count). The van der Waals surface area contributed by atoms with Crippen LogP contribution in [0.5, 0.6) is 0 Å². The Kier molecular flexibility index (Phi) is 5.64. The fraction of sp³-hybridized carbons (Fsp3) is 0.750. The van der Waals surface area contributed by atoms with Gasteiger partial charge in [-0.2, -0.15) is 0 Å². The van der Waals surface area contributed by atoms with Crippen LogP contribution in [0.4, 0.5) is 5.82 Å². The van der Waals surface area contributed by atoms with Crippen molar-refractivity contribution in [2.45, 2.75) is 64.8 Å². The minimum Gasteiger partial charge on any atom is -0.352 e. The van der Waals surface area contributed by atoms with E-state index in [0.29, 0.717) is 17.8 Å². The predicted octanol–water partition coefficient (Wildman–Crippen LogP) is 4.29. The maximum Gasteiger partial charge on any atom is 0.133 e. The van der Waals surface area contributed by atoms with Gasteiger partial charge in [0, 0.05) is 36.1 Å². The molecule has 0 unspecified atom stereocenters. The average Bonchev–Trinajstić information content (AvgIpc) is 2.45. The third kappa shape index (κ3) is 3.85. The van der Waals surface area contributed by atoms with E-state index in [-0.39, 0.29) is 0 Å². The van der Waals surface area contributed by atoms with E-state index in [1.54, 1.807) is 0 Å². The first-order chi connectivity index (χ1) is 9.61. The third-order valence-electron chi connectivity index (χ3n) is 4.01. The van der Waals surface area contributed by atoms with Gasteiger partial charge in [0.1, 0.15) is 11.6 Å². The molecular formula is C16H26ClN3. The number of aryl methyl sites for hydroxylation is 1. The molecule has 0 aliphatic heterocycles. The first-order valence-electron chi connectivity index (χ1n) is 7.80. The van der Waals surface area contributed by atoms with Crippen molar-refractivity contribution in [2.24, 2.45) is 0 Å². The molecule has 20 heavy (non-hydrogen) atoms. The number of aromatic nitrogens is 2. The van der Waals surface area contributed by atoms with Gasteiger partial charge < -0.3 is 4.90 Å². The highest BCUT2D eigenvalue weighted by atomic mass is 35.5. The van der Waals surface area contributed by atoms with E-state index in [1.807, 2.05) is 0 Å². The zero-order valence-corrected chi connectivity index (χ0v) is 13.7. The average molecular weight is 296 g/mol. The lowest BCUT2D eigenvalue weighted by Crippen LogP contribution is -2.39. The molecule has 0 radical (unpaired) electrons. The van der Waals surface area contributed by atoms with Crippen LogP contribution in [-0.2, 0) is 0 Å². The van der Waals surface area contributed by atoms with E-state index in [4.69, 9.17) is 16.6 Å². The van der Waals surface area contributed by atoms with Gasteiger partial charge in [0.15, 0.2) is 0 Å². The van der Waals surface area contributed by atoms with E-state index in [0.717, 1.165) is 23.9 Å². The standard InChI is InChI=1S/C16H26ClN3/c1-12(2)16-18-13(3)11-15(19-16)20(10-9-17)14-7-5-4-6-8-14/h11-12,14H,4-10H2,1-3H3. The predicted molar refractivity (Wildman–Crippen MR) is 85.8 cm³/mol. The quantitative estimate of drug-likeness (QED) is 0.759. The summed E-state index contributed by atoms with van der Waals surface area (Å²) in [5.74, 6) is 3.01. The lowest BCUT2D eigenvalue weighted by Gasteiger charge is -2.35. The highest BCUT2D eigenvalue weighted by Crippen LogP contribution is 2.27. The van der Waals surface area contributed by atoms with Crippen molar-refractivity contribution >= 4 is 17.4 Å². The zero-order valence-electron chi connectivity index (χ0n) is 12.9. The second-order valence-corrected chi connectivity index (χ2v) is 6.43. The maximum atomic E-state index is 6.02. The Bertz CT molecular complexity index is 428. The summed E-state index contributed by atoms with van der Waals surface area (Å²) in [6, 6.07) is 2.70. The Balaban J connectivity index is 2.27. The summed E-state index contributed by atoms with van der Waals surface area (Å²) in [5, 5.41) is 0. The number of hydrogen-bond donors (Lipinski definition) is 0. The van der Waals surface area contributed by atoms with E-state index in [1.165, 1.54) is 32.1 Å². The summed E-state index contributed by atoms with van der Waals surface area (Å²) in [7, 11) is 0. The molecule has 1 fully saturated rings. The fourth-order valence-electron chi connectivity index (χ4n) is 2.95. The van der Waals surface area contributed by atoms with E-state index >= 15 is 0 Å². The van der Waals surface area contributed by atoms with Gasteiger partial charge >= 0.3 is 0 Å².